The predicted octanol–water partition coefficient (Wildman–Crippen LogP) is 5.19. The molecule has 1 aromatic rings. The lowest BCUT2D eigenvalue weighted by Gasteiger charge is -2.33. The van der Waals surface area contributed by atoms with Crippen LogP contribution in [0.15, 0.2) is 42.5 Å². The van der Waals surface area contributed by atoms with Crippen LogP contribution in [0.4, 0.5) is 0 Å². The number of imide groups is 1. The van der Waals surface area contributed by atoms with Gasteiger partial charge < -0.3 is 4.74 Å². The van der Waals surface area contributed by atoms with Crippen molar-refractivity contribution in [1.29, 1.82) is 0 Å². The van der Waals surface area contributed by atoms with Gasteiger partial charge in [-0.1, -0.05) is 77.1 Å². The van der Waals surface area contributed by atoms with Crippen molar-refractivity contribution in [3.8, 4) is 0 Å². The summed E-state index contributed by atoms with van der Waals surface area (Å²) < 4.78 is 5.90. The van der Waals surface area contributed by atoms with Crippen LogP contribution in [0.1, 0.15) is 72.1 Å². The van der Waals surface area contributed by atoms with Crippen molar-refractivity contribution in [2.75, 3.05) is 26.2 Å². The molecule has 5 heteroatoms. The maximum atomic E-state index is 13.0. The van der Waals surface area contributed by atoms with Crippen LogP contribution < -0.4 is 0 Å². The molecule has 0 bridgehead atoms. The van der Waals surface area contributed by atoms with Gasteiger partial charge in [0.25, 0.3) is 0 Å². The SMILES string of the molecule is C=C(CC1CC(=O)N(CCN2CCOC2c2ccccc2)C1=O)CC(C)(C)CC(C)(C)C. The van der Waals surface area contributed by atoms with E-state index < -0.39 is 0 Å². The molecule has 0 N–H and O–H groups in total. The summed E-state index contributed by atoms with van der Waals surface area (Å²) in [6.07, 6.45) is 2.77. The molecule has 2 heterocycles. The van der Waals surface area contributed by atoms with Crippen molar-refractivity contribution in [1.82, 2.24) is 9.80 Å². The second-order valence-corrected chi connectivity index (χ2v) is 11.5. The van der Waals surface area contributed by atoms with E-state index in [2.05, 4.69) is 58.2 Å². The zero-order chi connectivity index (χ0) is 23.5. The van der Waals surface area contributed by atoms with E-state index in [4.69, 9.17) is 4.74 Å². The zero-order valence-corrected chi connectivity index (χ0v) is 20.5. The van der Waals surface area contributed by atoms with Gasteiger partial charge in [0.2, 0.25) is 11.8 Å². The van der Waals surface area contributed by atoms with Crippen LogP contribution in [0, 0.1) is 16.7 Å². The molecule has 32 heavy (non-hydrogen) atoms. The summed E-state index contributed by atoms with van der Waals surface area (Å²) >= 11 is 0. The fourth-order valence-electron chi connectivity index (χ4n) is 5.63. The molecule has 0 spiro atoms. The Bertz CT molecular complexity index is 825. The third-order valence-corrected chi connectivity index (χ3v) is 6.29. The first-order valence-electron chi connectivity index (χ1n) is 11.9. The van der Waals surface area contributed by atoms with Crippen molar-refractivity contribution in [3.05, 3.63) is 48.0 Å². The third kappa shape index (κ3) is 6.52. The molecule has 2 atom stereocenters. The molecule has 5 nitrogen and oxygen atoms in total. The molecule has 1 aromatic carbocycles. The molecule has 2 fully saturated rings. The van der Waals surface area contributed by atoms with Crippen LogP contribution >= 0.6 is 0 Å². The van der Waals surface area contributed by atoms with Gasteiger partial charge in [-0.15, -0.1) is 0 Å². The summed E-state index contributed by atoms with van der Waals surface area (Å²) in [7, 11) is 0. The molecular weight excluding hydrogens is 400 g/mol. The molecule has 176 valence electrons. The number of carbonyl (C=O) groups excluding carboxylic acids is 2. The van der Waals surface area contributed by atoms with Crippen LogP contribution in [0.3, 0.4) is 0 Å². The molecule has 3 rings (SSSR count). The number of hydrogen-bond donors (Lipinski definition) is 0. The molecule has 2 amide bonds. The van der Waals surface area contributed by atoms with Gasteiger partial charge in [-0.2, -0.15) is 0 Å². The van der Waals surface area contributed by atoms with E-state index in [1.165, 1.54) is 4.90 Å². The second-order valence-electron chi connectivity index (χ2n) is 11.5. The first kappa shape index (κ1) is 24.7. The van der Waals surface area contributed by atoms with Crippen molar-refractivity contribution >= 4 is 11.8 Å². The van der Waals surface area contributed by atoms with Gasteiger partial charge in [-0.05, 0) is 35.7 Å². The largest absolute Gasteiger partial charge is 0.358 e. The molecule has 0 aliphatic carbocycles. The number of rotatable bonds is 9. The van der Waals surface area contributed by atoms with Gasteiger partial charge in [0.05, 0.1) is 12.5 Å². The van der Waals surface area contributed by atoms with Crippen molar-refractivity contribution in [2.24, 2.45) is 16.7 Å². The standard InChI is InChI=1S/C27H40N2O3/c1-20(18-27(5,6)19-26(2,3)4)16-22-17-23(30)29(24(22)31)13-12-28-14-15-32-25(28)21-10-8-7-9-11-21/h7-11,22,25H,1,12-19H2,2-6H3. The molecule has 2 unspecified atom stereocenters. The minimum atomic E-state index is -0.264. The number of amides is 2. The van der Waals surface area contributed by atoms with E-state index in [0.717, 1.165) is 30.5 Å². The highest BCUT2D eigenvalue weighted by atomic mass is 16.5. The van der Waals surface area contributed by atoms with Crippen LogP contribution in [-0.4, -0.2) is 47.9 Å². The van der Waals surface area contributed by atoms with E-state index in [9.17, 15) is 9.59 Å². The Morgan fingerprint density at radius 3 is 2.44 bits per heavy atom. The summed E-state index contributed by atoms with van der Waals surface area (Å²) in [5.41, 5.74) is 2.56. The van der Waals surface area contributed by atoms with Gasteiger partial charge in [0.15, 0.2) is 0 Å². The molecule has 2 saturated heterocycles. The lowest BCUT2D eigenvalue weighted by Crippen LogP contribution is -2.38. The van der Waals surface area contributed by atoms with E-state index in [1.807, 2.05) is 18.2 Å². The number of likely N-dealkylation sites (tertiary alicyclic amines) is 1. The number of ether oxygens (including phenoxy) is 1. The lowest BCUT2D eigenvalue weighted by molar-refractivity contribution is -0.139. The highest BCUT2D eigenvalue weighted by Crippen LogP contribution is 2.39. The fourth-order valence-corrected chi connectivity index (χ4v) is 5.63. The van der Waals surface area contributed by atoms with Crippen molar-refractivity contribution in [3.63, 3.8) is 0 Å². The van der Waals surface area contributed by atoms with E-state index >= 15 is 0 Å². The smallest absolute Gasteiger partial charge is 0.233 e. The molecule has 0 radical (unpaired) electrons. The molecule has 0 saturated carbocycles. The fraction of sp³-hybridized carbons (Fsp3) is 0.630. The summed E-state index contributed by atoms with van der Waals surface area (Å²) in [6, 6.07) is 10.1. The van der Waals surface area contributed by atoms with Gasteiger partial charge in [0.1, 0.15) is 6.23 Å². The summed E-state index contributed by atoms with van der Waals surface area (Å²) in [6.45, 7) is 18.1. The highest BCUT2D eigenvalue weighted by molar-refractivity contribution is 6.03. The molecule has 2 aliphatic rings. The van der Waals surface area contributed by atoms with E-state index in [1.54, 1.807) is 0 Å². The number of nitrogens with zero attached hydrogens (tertiary/aromatic N) is 2. The Kier molecular flexibility index (Phi) is 7.61. The zero-order valence-electron chi connectivity index (χ0n) is 20.5. The van der Waals surface area contributed by atoms with E-state index in [-0.39, 0.29) is 34.8 Å². The number of benzene rings is 1. The minimum Gasteiger partial charge on any atom is -0.358 e. The van der Waals surface area contributed by atoms with Crippen LogP contribution in [0.2, 0.25) is 0 Å². The predicted molar refractivity (Wildman–Crippen MR) is 128 cm³/mol. The maximum Gasteiger partial charge on any atom is 0.233 e. The quantitative estimate of drug-likeness (QED) is 0.392. The van der Waals surface area contributed by atoms with Gasteiger partial charge in [0, 0.05) is 26.1 Å². The normalized spacial score (nSPS) is 22.7. The number of carbonyl (C=O) groups is 2. The van der Waals surface area contributed by atoms with Gasteiger partial charge in [-0.3, -0.25) is 19.4 Å². The highest BCUT2D eigenvalue weighted by Gasteiger charge is 2.39. The van der Waals surface area contributed by atoms with Crippen molar-refractivity contribution < 1.29 is 14.3 Å². The Balaban J connectivity index is 1.53. The first-order valence-corrected chi connectivity index (χ1v) is 11.9. The Morgan fingerprint density at radius 2 is 1.78 bits per heavy atom. The number of hydrogen-bond acceptors (Lipinski definition) is 4. The summed E-state index contributed by atoms with van der Waals surface area (Å²) in [5, 5.41) is 0. The summed E-state index contributed by atoms with van der Waals surface area (Å²) in [5.74, 6) is -0.362. The first-order chi connectivity index (χ1) is 15.0. The molecule has 0 aromatic heterocycles. The molecular formula is C27H40N2O3. The molecule has 2 aliphatic heterocycles. The third-order valence-electron chi connectivity index (χ3n) is 6.29. The average molecular weight is 441 g/mol. The topological polar surface area (TPSA) is 49.9 Å². The minimum absolute atomic E-state index is 0.0406. The van der Waals surface area contributed by atoms with Crippen LogP contribution in [0.5, 0.6) is 0 Å². The Labute approximate surface area is 193 Å². The lowest BCUT2D eigenvalue weighted by atomic mass is 9.72. The second kappa shape index (κ2) is 9.88. The Hall–Kier alpha value is -1.98. The monoisotopic (exact) mass is 440 g/mol. The number of allylic oxidation sites excluding steroid dienone is 1. The van der Waals surface area contributed by atoms with Crippen molar-refractivity contribution in [2.45, 2.75) is 66.5 Å². The summed E-state index contributed by atoms with van der Waals surface area (Å²) in [4.78, 5) is 29.3. The van der Waals surface area contributed by atoms with Gasteiger partial charge >= 0.3 is 0 Å². The average Bonchev–Trinajstić information content (AvgIpc) is 3.23. The van der Waals surface area contributed by atoms with E-state index in [0.29, 0.717) is 32.5 Å². The Morgan fingerprint density at radius 1 is 1.09 bits per heavy atom. The van der Waals surface area contributed by atoms with Crippen LogP contribution in [-0.2, 0) is 14.3 Å². The van der Waals surface area contributed by atoms with Gasteiger partial charge in [-0.25, -0.2) is 0 Å². The maximum absolute atomic E-state index is 13.0. The van der Waals surface area contributed by atoms with Crippen LogP contribution in [0.25, 0.3) is 0 Å².